The first-order valence-corrected chi connectivity index (χ1v) is 18.4. The van der Waals surface area contributed by atoms with Crippen molar-refractivity contribution in [2.45, 2.75) is 0 Å². The number of hydrogen-bond acceptors (Lipinski definition) is 3. The van der Waals surface area contributed by atoms with Crippen LogP contribution in [0.5, 0.6) is 0 Å². The lowest BCUT2D eigenvalue weighted by Gasteiger charge is -2.28. The van der Waals surface area contributed by atoms with E-state index in [4.69, 9.17) is 21.2 Å². The molecule has 4 heteroatoms. The summed E-state index contributed by atoms with van der Waals surface area (Å²) in [6.07, 6.45) is 0. The van der Waals surface area contributed by atoms with E-state index >= 15 is 0 Å². The van der Waals surface area contributed by atoms with Crippen LogP contribution in [0.15, 0.2) is 215 Å². The number of benzene rings is 9. The average molecular weight is 759 g/mol. The molecule has 12 rings (SSSR count). The monoisotopic (exact) mass is 758 g/mol. The van der Waals surface area contributed by atoms with E-state index in [9.17, 15) is 9.60 Å². The Bertz CT molecular complexity index is 4370. The number of furan rings is 2. The number of rotatable bonds is 6. The van der Waals surface area contributed by atoms with Crippen molar-refractivity contribution in [2.75, 3.05) is 4.90 Å². The van der Waals surface area contributed by atoms with Gasteiger partial charge in [0.25, 0.3) is 0 Å². The third-order valence-electron chi connectivity index (χ3n) is 10.5. The van der Waals surface area contributed by atoms with E-state index in [0.717, 1.165) is 21.8 Å². The van der Waals surface area contributed by atoms with Gasteiger partial charge < -0.3 is 18.3 Å². The molecule has 272 valence electrons. The third kappa shape index (κ3) is 4.95. The van der Waals surface area contributed by atoms with Crippen LogP contribution in [0.4, 0.5) is 17.1 Å². The highest BCUT2D eigenvalue weighted by atomic mass is 16.3. The number of para-hydroxylation sites is 5. The molecule has 9 aromatic carbocycles. The van der Waals surface area contributed by atoms with Gasteiger partial charge in [-0.3, -0.25) is 0 Å². The van der Waals surface area contributed by atoms with Crippen LogP contribution in [0.3, 0.4) is 0 Å². The van der Waals surface area contributed by atoms with E-state index in [-0.39, 0.29) is 27.6 Å². The minimum absolute atomic E-state index is 0.0271. The number of aromatic nitrogens is 1. The van der Waals surface area contributed by atoms with Crippen LogP contribution in [0.1, 0.15) is 21.9 Å². The maximum absolute atomic E-state index is 9.86. The molecule has 0 saturated heterocycles. The lowest BCUT2D eigenvalue weighted by Crippen LogP contribution is -2.11. The molecule has 0 fully saturated rings. The summed E-state index contributed by atoms with van der Waals surface area (Å²) in [6, 6.07) is 22.2. The number of hydrogen-bond donors (Lipinski definition) is 0. The molecule has 0 bridgehead atoms. The zero-order valence-corrected chi connectivity index (χ0v) is 30.1. The van der Waals surface area contributed by atoms with Gasteiger partial charge in [0, 0.05) is 49.3 Å². The van der Waals surface area contributed by atoms with Crippen molar-refractivity contribution < 1.29 is 30.8 Å². The summed E-state index contributed by atoms with van der Waals surface area (Å²) in [4.78, 5) is 1.17. The van der Waals surface area contributed by atoms with E-state index in [2.05, 4.69) is 4.57 Å². The van der Waals surface area contributed by atoms with Crippen molar-refractivity contribution in [3.05, 3.63) is 206 Å². The Morgan fingerprint density at radius 3 is 1.90 bits per heavy atom. The topological polar surface area (TPSA) is 34.5 Å². The van der Waals surface area contributed by atoms with E-state index in [1.165, 1.54) is 4.90 Å². The average Bonchev–Trinajstić information content (AvgIpc) is 4.10. The second kappa shape index (κ2) is 12.9. The SMILES string of the molecule is [2H]c1c([2H])c([2H])c(-c2c([2H])c([2H])c(N(c3ccc4c(oc5ccccc54)c3-c3cccc(-n4c5ccccc5c5ccccc54)c3)c3c([2H])c([2H])c([2H])c4c3oc3c([2H])c([2H])c([2H])c([2H])c34)c([2H])c2[2H])c([2H])c1[2H]. The molecular weight excluding hydrogens is 709 g/mol. The summed E-state index contributed by atoms with van der Waals surface area (Å²) in [5.74, 6) is 0. The van der Waals surface area contributed by atoms with E-state index in [1.807, 2.05) is 84.9 Å². The molecule has 3 aromatic heterocycles. The Morgan fingerprint density at radius 2 is 1.09 bits per heavy atom. The Labute approximate surface area is 356 Å². The van der Waals surface area contributed by atoms with Crippen molar-refractivity contribution in [1.29, 1.82) is 0 Å². The Morgan fingerprint density at radius 1 is 0.414 bits per heavy atom. The van der Waals surface area contributed by atoms with Gasteiger partial charge in [-0.05, 0) is 83.3 Å². The van der Waals surface area contributed by atoms with Gasteiger partial charge in [0.2, 0.25) is 0 Å². The molecule has 58 heavy (non-hydrogen) atoms. The van der Waals surface area contributed by atoms with E-state index in [0.29, 0.717) is 27.6 Å². The zero-order valence-electron chi connectivity index (χ0n) is 46.1. The van der Waals surface area contributed by atoms with Gasteiger partial charge in [0.1, 0.15) is 16.7 Å². The van der Waals surface area contributed by atoms with Gasteiger partial charge in [-0.15, -0.1) is 0 Å². The molecule has 0 spiro atoms. The molecule has 0 amide bonds. The van der Waals surface area contributed by atoms with Gasteiger partial charge in [-0.25, -0.2) is 0 Å². The molecule has 0 aliphatic rings. The fourth-order valence-corrected chi connectivity index (χ4v) is 7.99. The van der Waals surface area contributed by atoms with Crippen molar-refractivity contribution >= 4 is 82.7 Å². The lowest BCUT2D eigenvalue weighted by atomic mass is 9.97. The number of anilines is 3. The minimum Gasteiger partial charge on any atom is -0.455 e. The third-order valence-corrected chi connectivity index (χ3v) is 10.5. The summed E-state index contributed by atoms with van der Waals surface area (Å²) in [5, 5.41) is 2.76. The van der Waals surface area contributed by atoms with Crippen LogP contribution < -0.4 is 4.90 Å². The van der Waals surface area contributed by atoms with Gasteiger partial charge in [0.05, 0.1) is 44.3 Å². The highest BCUT2D eigenvalue weighted by molar-refractivity contribution is 6.16. The van der Waals surface area contributed by atoms with Crippen LogP contribution in [0.2, 0.25) is 0 Å². The molecule has 12 aromatic rings. The molecule has 0 N–H and O–H groups in total. The molecule has 0 radical (unpaired) electrons. The normalized spacial score (nSPS) is 15.7. The van der Waals surface area contributed by atoms with Crippen molar-refractivity contribution in [2.24, 2.45) is 0 Å². The largest absolute Gasteiger partial charge is 0.455 e. The highest BCUT2D eigenvalue weighted by Crippen LogP contribution is 2.49. The molecular formula is C54H34N2O2. The summed E-state index contributed by atoms with van der Waals surface area (Å²) < 4.78 is 160. The first-order chi connectivity index (χ1) is 35.4. The molecule has 0 aliphatic carbocycles. The standard InChI is InChI=1S/C54H34N2O2/c1-2-14-35(15-3-1)36-28-30-38(31-29-36)55(49-25-13-22-44-42-20-6-10-26-50(42)57-53(44)49)48-33-32-45-43-21-7-11-27-51(43)58-54(45)52(48)37-16-12-17-39(34-37)56-46-23-8-4-18-40(46)41-19-5-9-24-47(41)56/h1-34H/i1D,2D,3D,6D,10D,13D,14D,15D,20D,22D,25D,26D,28D,29D,30D,31D. The van der Waals surface area contributed by atoms with Gasteiger partial charge in [0.15, 0.2) is 5.58 Å². The molecule has 3 heterocycles. The Balaban J connectivity index is 1.26. The molecule has 0 unspecified atom stereocenters. The minimum atomic E-state index is -0.834. The molecule has 4 nitrogen and oxygen atoms in total. The molecule has 0 atom stereocenters. The van der Waals surface area contributed by atoms with Crippen LogP contribution in [-0.2, 0) is 0 Å². The van der Waals surface area contributed by atoms with E-state index < -0.39 is 130 Å². The lowest BCUT2D eigenvalue weighted by molar-refractivity contribution is 0.668. The highest BCUT2D eigenvalue weighted by Gasteiger charge is 2.26. The number of nitrogens with zero attached hydrogens (tertiary/aromatic N) is 2. The van der Waals surface area contributed by atoms with Crippen molar-refractivity contribution in [3.8, 4) is 27.9 Å². The summed E-state index contributed by atoms with van der Waals surface area (Å²) in [6.45, 7) is 0. The second-order valence-corrected chi connectivity index (χ2v) is 13.6. The van der Waals surface area contributed by atoms with Gasteiger partial charge in [-0.1, -0.05) is 139 Å². The van der Waals surface area contributed by atoms with Gasteiger partial charge >= 0.3 is 0 Å². The van der Waals surface area contributed by atoms with Crippen LogP contribution in [-0.4, -0.2) is 4.57 Å². The predicted molar refractivity (Wildman–Crippen MR) is 241 cm³/mol. The fraction of sp³-hybridized carbons (Fsp3) is 0. The maximum atomic E-state index is 9.86. The first kappa shape index (κ1) is 20.4. The summed E-state index contributed by atoms with van der Waals surface area (Å²) in [7, 11) is 0. The van der Waals surface area contributed by atoms with Gasteiger partial charge in [-0.2, -0.15) is 0 Å². The molecule has 0 aliphatic heterocycles. The second-order valence-electron chi connectivity index (χ2n) is 13.6. The fourth-order valence-electron chi connectivity index (χ4n) is 7.99. The Hall–Kier alpha value is -7.82. The number of fused-ring (bicyclic) bond motifs is 9. The molecule has 0 saturated carbocycles. The maximum Gasteiger partial charge on any atom is 0.159 e. The first-order valence-electron chi connectivity index (χ1n) is 26.4. The van der Waals surface area contributed by atoms with E-state index in [1.54, 1.807) is 24.3 Å². The van der Waals surface area contributed by atoms with Crippen LogP contribution in [0.25, 0.3) is 93.6 Å². The summed E-state index contributed by atoms with van der Waals surface area (Å²) >= 11 is 0. The Kier molecular flexibility index (Phi) is 4.52. The van der Waals surface area contributed by atoms with Crippen LogP contribution in [0, 0.1) is 0 Å². The van der Waals surface area contributed by atoms with Crippen molar-refractivity contribution in [1.82, 2.24) is 4.57 Å². The van der Waals surface area contributed by atoms with Crippen LogP contribution >= 0.6 is 0 Å². The summed E-state index contributed by atoms with van der Waals surface area (Å²) in [5.41, 5.74) is 1.00. The van der Waals surface area contributed by atoms with Crippen molar-refractivity contribution in [3.63, 3.8) is 0 Å². The quantitative estimate of drug-likeness (QED) is 0.169. The smallest absolute Gasteiger partial charge is 0.159 e. The predicted octanol–water partition coefficient (Wildman–Crippen LogP) is 15.4. The zero-order chi connectivity index (χ0) is 52.1.